The van der Waals surface area contributed by atoms with E-state index in [4.69, 9.17) is 4.74 Å². The second-order valence-electron chi connectivity index (χ2n) is 6.70. The van der Waals surface area contributed by atoms with Crippen LogP contribution in [0.5, 0.6) is 5.75 Å². The number of halogens is 1. The van der Waals surface area contributed by atoms with Crippen LogP contribution in [0.4, 0.5) is 5.69 Å². The molecule has 4 rings (SSSR count). The number of carbonyl (C=O) groups excluding carboxylic acids is 1. The molecule has 0 aliphatic rings. The maximum atomic E-state index is 13.2. The zero-order valence-electron chi connectivity index (χ0n) is 16.3. The van der Waals surface area contributed by atoms with Crippen LogP contribution in [0, 0.1) is 6.92 Å². The van der Waals surface area contributed by atoms with Crippen molar-refractivity contribution < 1.29 is 9.53 Å². The minimum Gasteiger partial charge on any atom is -0.494 e. The van der Waals surface area contributed by atoms with Crippen molar-refractivity contribution in [2.45, 2.75) is 6.92 Å². The van der Waals surface area contributed by atoms with Gasteiger partial charge in [-0.15, -0.1) is 0 Å². The van der Waals surface area contributed by atoms with Gasteiger partial charge in [-0.2, -0.15) is 9.78 Å². The number of methoxy groups -OCH3 is 1. The van der Waals surface area contributed by atoms with E-state index in [0.29, 0.717) is 27.9 Å². The van der Waals surface area contributed by atoms with Gasteiger partial charge >= 0.3 is 0 Å². The normalized spacial score (nSPS) is 10.8. The molecular formula is C23H18BrN3O3. The monoisotopic (exact) mass is 463 g/mol. The number of anilines is 1. The van der Waals surface area contributed by atoms with Crippen LogP contribution in [0.2, 0.25) is 0 Å². The third kappa shape index (κ3) is 3.59. The molecule has 0 atom stereocenters. The molecule has 0 radical (unpaired) electrons. The van der Waals surface area contributed by atoms with Crippen LogP contribution in [-0.2, 0) is 0 Å². The summed E-state index contributed by atoms with van der Waals surface area (Å²) in [5.41, 5.74) is 1.86. The lowest BCUT2D eigenvalue weighted by atomic mass is 10.1. The van der Waals surface area contributed by atoms with E-state index in [0.717, 1.165) is 10.0 Å². The van der Waals surface area contributed by atoms with E-state index in [-0.39, 0.29) is 11.3 Å². The van der Waals surface area contributed by atoms with E-state index >= 15 is 0 Å². The van der Waals surface area contributed by atoms with Crippen molar-refractivity contribution in [3.8, 4) is 11.4 Å². The molecule has 4 aromatic rings. The zero-order valence-corrected chi connectivity index (χ0v) is 17.9. The Morgan fingerprint density at radius 2 is 1.73 bits per heavy atom. The average Bonchev–Trinajstić information content (AvgIpc) is 2.76. The van der Waals surface area contributed by atoms with Gasteiger partial charge in [0, 0.05) is 15.5 Å². The molecule has 3 aromatic carbocycles. The number of para-hydroxylation sites is 2. The first kappa shape index (κ1) is 19.8. The Hall–Kier alpha value is -3.45. The summed E-state index contributed by atoms with van der Waals surface area (Å²) >= 11 is 3.42. The quantitative estimate of drug-likeness (QED) is 0.475. The lowest BCUT2D eigenvalue weighted by molar-refractivity contribution is 0.102. The van der Waals surface area contributed by atoms with Gasteiger partial charge in [0.05, 0.1) is 12.5 Å². The number of rotatable bonds is 4. The largest absolute Gasteiger partial charge is 0.494 e. The van der Waals surface area contributed by atoms with E-state index in [2.05, 4.69) is 26.3 Å². The molecule has 1 amide bonds. The molecule has 1 heterocycles. The molecular weight excluding hydrogens is 446 g/mol. The van der Waals surface area contributed by atoms with Gasteiger partial charge in [-0.05, 0) is 48.9 Å². The molecule has 0 aliphatic heterocycles. The van der Waals surface area contributed by atoms with Gasteiger partial charge in [0.2, 0.25) is 0 Å². The fraction of sp³-hybridized carbons (Fsp3) is 0.0870. The van der Waals surface area contributed by atoms with Crippen molar-refractivity contribution in [1.82, 2.24) is 9.78 Å². The molecule has 0 saturated heterocycles. The van der Waals surface area contributed by atoms with Crippen LogP contribution in [0.25, 0.3) is 16.5 Å². The first-order chi connectivity index (χ1) is 14.5. The highest BCUT2D eigenvalue weighted by atomic mass is 79.9. The van der Waals surface area contributed by atoms with Crippen LogP contribution < -0.4 is 15.6 Å². The van der Waals surface area contributed by atoms with Crippen molar-refractivity contribution in [2.24, 2.45) is 0 Å². The Balaban J connectivity index is 1.90. The van der Waals surface area contributed by atoms with Gasteiger partial charge in [-0.25, -0.2) is 0 Å². The molecule has 6 nitrogen and oxygen atoms in total. The number of aromatic nitrogens is 2. The third-order valence-corrected chi connectivity index (χ3v) is 5.26. The van der Waals surface area contributed by atoms with E-state index in [1.165, 1.54) is 11.8 Å². The molecule has 30 heavy (non-hydrogen) atoms. The van der Waals surface area contributed by atoms with Gasteiger partial charge in [-0.3, -0.25) is 9.59 Å². The lowest BCUT2D eigenvalue weighted by Gasteiger charge is -2.14. The summed E-state index contributed by atoms with van der Waals surface area (Å²) in [6, 6.07) is 19.6. The number of hydrogen-bond donors (Lipinski definition) is 1. The second-order valence-corrected chi connectivity index (χ2v) is 7.61. The van der Waals surface area contributed by atoms with Crippen LogP contribution in [0.15, 0.2) is 76.0 Å². The van der Waals surface area contributed by atoms with Gasteiger partial charge in [0.1, 0.15) is 11.4 Å². The highest BCUT2D eigenvalue weighted by Gasteiger charge is 2.19. The molecule has 0 saturated carbocycles. The topological polar surface area (TPSA) is 73.2 Å². The van der Waals surface area contributed by atoms with Crippen molar-refractivity contribution in [3.05, 3.63) is 92.8 Å². The Labute approximate surface area is 181 Å². The summed E-state index contributed by atoms with van der Waals surface area (Å²) < 4.78 is 7.52. The van der Waals surface area contributed by atoms with Crippen molar-refractivity contribution in [2.75, 3.05) is 12.4 Å². The number of hydrogen-bond acceptors (Lipinski definition) is 4. The summed E-state index contributed by atoms with van der Waals surface area (Å²) in [6.45, 7) is 1.90. The van der Waals surface area contributed by atoms with Crippen molar-refractivity contribution in [3.63, 3.8) is 0 Å². The Kier molecular flexibility index (Phi) is 5.37. The smallest absolute Gasteiger partial charge is 0.279 e. The summed E-state index contributed by atoms with van der Waals surface area (Å²) in [7, 11) is 1.52. The number of aryl methyl sites for hydroxylation is 1. The molecule has 0 bridgehead atoms. The first-order valence-corrected chi connectivity index (χ1v) is 10.0. The van der Waals surface area contributed by atoms with Crippen LogP contribution in [0.3, 0.4) is 0 Å². The highest BCUT2D eigenvalue weighted by molar-refractivity contribution is 9.10. The SMILES string of the molecule is COc1ccccc1-n1nc(C(=O)Nc2ccc(Br)cc2C)c2ccccc2c1=O. The number of benzene rings is 3. The summed E-state index contributed by atoms with van der Waals surface area (Å²) in [6.07, 6.45) is 0. The molecule has 0 unspecified atom stereocenters. The van der Waals surface area contributed by atoms with Gasteiger partial charge in [-0.1, -0.05) is 46.3 Å². The molecule has 7 heteroatoms. The minimum absolute atomic E-state index is 0.151. The maximum absolute atomic E-state index is 13.2. The van der Waals surface area contributed by atoms with E-state index in [1.54, 1.807) is 48.5 Å². The van der Waals surface area contributed by atoms with Gasteiger partial charge in [0.25, 0.3) is 11.5 Å². The van der Waals surface area contributed by atoms with E-state index < -0.39 is 5.91 Å². The molecule has 0 aliphatic carbocycles. The molecule has 0 fully saturated rings. The van der Waals surface area contributed by atoms with Crippen LogP contribution in [0.1, 0.15) is 16.1 Å². The number of fused-ring (bicyclic) bond motifs is 1. The summed E-state index contributed by atoms with van der Waals surface area (Å²) in [5, 5.41) is 8.22. The fourth-order valence-corrected chi connectivity index (χ4v) is 3.75. The predicted molar refractivity (Wildman–Crippen MR) is 121 cm³/mol. The number of amides is 1. The Morgan fingerprint density at radius 3 is 2.47 bits per heavy atom. The summed E-state index contributed by atoms with van der Waals surface area (Å²) in [4.78, 5) is 26.3. The molecule has 150 valence electrons. The standard InChI is InChI=1S/C23H18BrN3O3/c1-14-13-15(24)11-12-18(14)25-22(28)21-16-7-3-4-8-17(16)23(29)27(26-21)19-9-5-6-10-20(19)30-2/h3-13H,1-2H3,(H,25,28). The molecule has 1 N–H and O–H groups in total. The van der Waals surface area contributed by atoms with Crippen LogP contribution in [-0.4, -0.2) is 22.8 Å². The van der Waals surface area contributed by atoms with Crippen molar-refractivity contribution in [1.29, 1.82) is 0 Å². The van der Waals surface area contributed by atoms with E-state index in [1.807, 2.05) is 25.1 Å². The van der Waals surface area contributed by atoms with Crippen LogP contribution >= 0.6 is 15.9 Å². The van der Waals surface area contributed by atoms with Crippen molar-refractivity contribution >= 4 is 38.3 Å². The molecule has 1 aromatic heterocycles. The number of carbonyl (C=O) groups is 1. The number of nitrogens with one attached hydrogen (secondary N) is 1. The highest BCUT2D eigenvalue weighted by Crippen LogP contribution is 2.24. The zero-order chi connectivity index (χ0) is 21.3. The average molecular weight is 464 g/mol. The second kappa shape index (κ2) is 8.12. The van der Waals surface area contributed by atoms with E-state index in [9.17, 15) is 9.59 Å². The third-order valence-electron chi connectivity index (χ3n) is 4.77. The number of nitrogens with zero attached hydrogens (tertiary/aromatic N) is 2. The Morgan fingerprint density at radius 1 is 1.03 bits per heavy atom. The Bertz CT molecular complexity index is 1330. The maximum Gasteiger partial charge on any atom is 0.279 e. The van der Waals surface area contributed by atoms with Gasteiger partial charge in [0.15, 0.2) is 5.69 Å². The summed E-state index contributed by atoms with van der Waals surface area (Å²) in [5.74, 6) is 0.0813. The molecule has 0 spiro atoms. The predicted octanol–water partition coefficient (Wildman–Crippen LogP) is 4.72. The first-order valence-electron chi connectivity index (χ1n) is 9.22. The fourth-order valence-electron chi connectivity index (χ4n) is 3.27. The number of ether oxygens (including phenoxy) is 1. The minimum atomic E-state index is -0.403. The lowest BCUT2D eigenvalue weighted by Crippen LogP contribution is -2.27. The van der Waals surface area contributed by atoms with Gasteiger partial charge < -0.3 is 10.1 Å².